The number of hydrogen-bond donors (Lipinski definition) is 0. The molecule has 3 rings (SSSR count). The average molecular weight is 409 g/mol. The molecule has 108 valence electrons. The van der Waals surface area contributed by atoms with E-state index in [1.165, 1.54) is 10.6 Å². The van der Waals surface area contributed by atoms with Gasteiger partial charge in [0, 0.05) is 35.6 Å². The molecular formula is C16H16IN3S. The monoisotopic (exact) mass is 409 g/mol. The summed E-state index contributed by atoms with van der Waals surface area (Å²) >= 11 is 4.10. The van der Waals surface area contributed by atoms with Crippen LogP contribution in [0.2, 0.25) is 0 Å². The predicted molar refractivity (Wildman–Crippen MR) is 99.7 cm³/mol. The fourth-order valence-electron chi connectivity index (χ4n) is 2.19. The lowest BCUT2D eigenvalue weighted by molar-refractivity contribution is 1.12. The Hall–Kier alpha value is -1.21. The first-order chi connectivity index (χ1) is 10.2. The number of thioether (sulfide) groups is 1. The third kappa shape index (κ3) is 3.03. The highest BCUT2D eigenvalue weighted by Crippen LogP contribution is 2.24. The van der Waals surface area contributed by atoms with Crippen molar-refractivity contribution in [2.24, 2.45) is 0 Å². The number of aromatic nitrogens is 2. The number of fused-ring (bicyclic) bond motifs is 1. The van der Waals surface area contributed by atoms with Crippen LogP contribution in [0.1, 0.15) is 0 Å². The molecule has 0 radical (unpaired) electrons. The molecule has 3 nitrogen and oxygen atoms in total. The first-order valence-corrected chi connectivity index (χ1v) is 9.36. The van der Waals surface area contributed by atoms with E-state index in [0.29, 0.717) is 0 Å². The van der Waals surface area contributed by atoms with Crippen LogP contribution >= 0.6 is 34.4 Å². The summed E-state index contributed by atoms with van der Waals surface area (Å²) in [6.45, 7) is 0. The summed E-state index contributed by atoms with van der Waals surface area (Å²) in [6, 6.07) is 12.7. The van der Waals surface area contributed by atoms with E-state index in [1.807, 2.05) is 0 Å². The molecule has 0 N–H and O–H groups in total. The van der Waals surface area contributed by atoms with E-state index in [1.54, 1.807) is 11.8 Å². The normalized spacial score (nSPS) is 11.0. The fourth-order valence-corrected chi connectivity index (χ4v) is 3.00. The lowest BCUT2D eigenvalue weighted by Crippen LogP contribution is -2.13. The van der Waals surface area contributed by atoms with Crippen molar-refractivity contribution in [1.29, 1.82) is 0 Å². The predicted octanol–water partition coefficient (Wildman–Crippen LogP) is 4.55. The molecule has 0 unspecified atom stereocenters. The quantitative estimate of drug-likeness (QED) is 0.273. The zero-order chi connectivity index (χ0) is 14.8. The highest BCUT2D eigenvalue weighted by molar-refractivity contribution is 14.1. The standard InChI is InChI=1S/C16H16IN3S/c1-19(11-17)13-5-3-12(4-6-13)15-10-20-9-14(21-2)7-8-16(20)18-15/h3-10H,11H2,1-2H3. The molecule has 5 heteroatoms. The van der Waals surface area contributed by atoms with Crippen LogP contribution in [0.3, 0.4) is 0 Å². The van der Waals surface area contributed by atoms with E-state index in [9.17, 15) is 0 Å². The Morgan fingerprint density at radius 1 is 1.14 bits per heavy atom. The number of imidazole rings is 1. The molecule has 3 aromatic rings. The van der Waals surface area contributed by atoms with E-state index < -0.39 is 0 Å². The molecule has 0 aliphatic carbocycles. The van der Waals surface area contributed by atoms with E-state index >= 15 is 0 Å². The fraction of sp³-hybridized carbons (Fsp3) is 0.188. The zero-order valence-electron chi connectivity index (χ0n) is 12.0. The van der Waals surface area contributed by atoms with E-state index in [2.05, 4.69) is 94.0 Å². The van der Waals surface area contributed by atoms with Crippen molar-refractivity contribution in [3.05, 3.63) is 48.8 Å². The SMILES string of the molecule is CSc1ccc2nc(-c3ccc(N(C)CI)cc3)cn2c1. The van der Waals surface area contributed by atoms with Gasteiger partial charge in [0.1, 0.15) is 5.65 Å². The summed E-state index contributed by atoms with van der Waals surface area (Å²) in [4.78, 5) is 8.14. The smallest absolute Gasteiger partial charge is 0.137 e. The number of nitrogens with zero attached hydrogens (tertiary/aromatic N) is 3. The minimum atomic E-state index is 0.975. The Labute approximate surface area is 142 Å². The molecule has 0 atom stereocenters. The number of benzene rings is 1. The molecule has 0 amide bonds. The summed E-state index contributed by atoms with van der Waals surface area (Å²) in [7, 11) is 2.09. The van der Waals surface area contributed by atoms with Gasteiger partial charge in [-0.05, 0) is 30.5 Å². The average Bonchev–Trinajstić information content (AvgIpc) is 2.97. The lowest BCUT2D eigenvalue weighted by atomic mass is 10.1. The highest BCUT2D eigenvalue weighted by Gasteiger charge is 2.06. The number of pyridine rings is 1. The van der Waals surface area contributed by atoms with Gasteiger partial charge in [-0.15, -0.1) is 11.8 Å². The number of halogens is 1. The zero-order valence-corrected chi connectivity index (χ0v) is 14.9. The Balaban J connectivity index is 1.96. The van der Waals surface area contributed by atoms with Gasteiger partial charge in [-0.2, -0.15) is 0 Å². The minimum Gasteiger partial charge on any atom is -0.365 e. The molecule has 0 aliphatic rings. The van der Waals surface area contributed by atoms with Crippen molar-refractivity contribution in [1.82, 2.24) is 9.38 Å². The van der Waals surface area contributed by atoms with E-state index in [4.69, 9.17) is 4.98 Å². The Morgan fingerprint density at radius 2 is 1.90 bits per heavy atom. The molecule has 0 fully saturated rings. The maximum atomic E-state index is 4.69. The Morgan fingerprint density at radius 3 is 2.57 bits per heavy atom. The van der Waals surface area contributed by atoms with Crippen LogP contribution in [0.25, 0.3) is 16.9 Å². The van der Waals surface area contributed by atoms with Gasteiger partial charge in [0.25, 0.3) is 0 Å². The first-order valence-electron chi connectivity index (χ1n) is 6.61. The maximum Gasteiger partial charge on any atom is 0.137 e. The van der Waals surface area contributed by atoms with E-state index in [0.717, 1.165) is 21.5 Å². The third-order valence-corrected chi connectivity index (χ3v) is 5.18. The minimum absolute atomic E-state index is 0.975. The molecule has 21 heavy (non-hydrogen) atoms. The second-order valence-electron chi connectivity index (χ2n) is 4.82. The maximum absolute atomic E-state index is 4.69. The van der Waals surface area contributed by atoms with Crippen LogP contribution in [0.5, 0.6) is 0 Å². The van der Waals surface area contributed by atoms with Crippen molar-refractivity contribution in [2.75, 3.05) is 22.8 Å². The molecule has 2 heterocycles. The van der Waals surface area contributed by atoms with Gasteiger partial charge < -0.3 is 9.30 Å². The van der Waals surface area contributed by atoms with Gasteiger partial charge in [-0.3, -0.25) is 0 Å². The summed E-state index contributed by atoms with van der Waals surface area (Å²) in [5.74, 6) is 0. The summed E-state index contributed by atoms with van der Waals surface area (Å²) in [6.07, 6.45) is 6.29. The molecule has 0 bridgehead atoms. The molecular weight excluding hydrogens is 393 g/mol. The number of anilines is 1. The van der Waals surface area contributed by atoms with E-state index in [-0.39, 0.29) is 0 Å². The summed E-state index contributed by atoms with van der Waals surface area (Å²) in [5.41, 5.74) is 4.37. The van der Waals surface area contributed by atoms with Crippen LogP contribution in [0.4, 0.5) is 5.69 Å². The number of alkyl halides is 1. The lowest BCUT2D eigenvalue weighted by Gasteiger charge is -2.15. The third-order valence-electron chi connectivity index (χ3n) is 3.44. The van der Waals surface area contributed by atoms with Gasteiger partial charge in [0.05, 0.1) is 10.2 Å². The van der Waals surface area contributed by atoms with Crippen LogP contribution in [0.15, 0.2) is 53.7 Å². The molecule has 0 aliphatic heterocycles. The van der Waals surface area contributed by atoms with Gasteiger partial charge in [0.15, 0.2) is 0 Å². The molecule has 2 aromatic heterocycles. The Bertz CT molecular complexity index is 752. The first kappa shape index (κ1) is 14.7. The van der Waals surface area contributed by atoms with Gasteiger partial charge in [-0.1, -0.05) is 34.7 Å². The van der Waals surface area contributed by atoms with Crippen molar-refractivity contribution in [3.63, 3.8) is 0 Å². The summed E-state index contributed by atoms with van der Waals surface area (Å²) < 4.78 is 3.06. The van der Waals surface area contributed by atoms with Crippen molar-refractivity contribution in [3.8, 4) is 11.3 Å². The van der Waals surface area contributed by atoms with Crippen molar-refractivity contribution in [2.45, 2.75) is 4.90 Å². The van der Waals surface area contributed by atoms with Gasteiger partial charge in [-0.25, -0.2) is 4.98 Å². The Kier molecular flexibility index (Phi) is 4.40. The topological polar surface area (TPSA) is 20.5 Å². The number of rotatable bonds is 4. The number of hydrogen-bond acceptors (Lipinski definition) is 3. The van der Waals surface area contributed by atoms with Crippen LogP contribution < -0.4 is 4.90 Å². The molecule has 1 aromatic carbocycles. The largest absolute Gasteiger partial charge is 0.365 e. The van der Waals surface area contributed by atoms with Gasteiger partial charge in [0.2, 0.25) is 0 Å². The van der Waals surface area contributed by atoms with Gasteiger partial charge >= 0.3 is 0 Å². The highest BCUT2D eigenvalue weighted by atomic mass is 127. The van der Waals surface area contributed by atoms with Crippen LogP contribution in [-0.4, -0.2) is 27.2 Å². The van der Waals surface area contributed by atoms with Crippen LogP contribution in [0, 0.1) is 0 Å². The summed E-state index contributed by atoms with van der Waals surface area (Å²) in [5, 5.41) is 0. The molecule has 0 saturated carbocycles. The second-order valence-corrected chi connectivity index (χ2v) is 6.39. The second kappa shape index (κ2) is 6.27. The van der Waals surface area contributed by atoms with Crippen LogP contribution in [-0.2, 0) is 0 Å². The molecule has 0 spiro atoms. The van der Waals surface area contributed by atoms with Crippen molar-refractivity contribution >= 4 is 45.7 Å². The van der Waals surface area contributed by atoms with Crippen molar-refractivity contribution < 1.29 is 0 Å². The molecule has 0 saturated heterocycles.